The summed E-state index contributed by atoms with van der Waals surface area (Å²) in [7, 11) is -3.63. The molecule has 2 aromatic rings. The van der Waals surface area contributed by atoms with E-state index in [4.69, 9.17) is 5.73 Å². The van der Waals surface area contributed by atoms with Crippen molar-refractivity contribution in [3.8, 4) is 0 Å². The average Bonchev–Trinajstić information content (AvgIpc) is 2.48. The second-order valence-electron chi connectivity index (χ2n) is 4.75. The molecule has 0 aliphatic heterocycles. The summed E-state index contributed by atoms with van der Waals surface area (Å²) >= 11 is 0. The van der Waals surface area contributed by atoms with Crippen LogP contribution in [-0.4, -0.2) is 26.5 Å². The SMILES string of the molecule is Cc1cccc(N(CCCN)S(=O)(=O)c2cccnc2)c1. The molecule has 1 aromatic carbocycles. The van der Waals surface area contributed by atoms with Gasteiger partial charge in [-0.1, -0.05) is 12.1 Å². The number of aromatic nitrogens is 1. The van der Waals surface area contributed by atoms with E-state index in [2.05, 4.69) is 4.98 Å². The van der Waals surface area contributed by atoms with Gasteiger partial charge < -0.3 is 5.73 Å². The molecule has 112 valence electrons. The molecule has 2 rings (SSSR count). The summed E-state index contributed by atoms with van der Waals surface area (Å²) in [5, 5.41) is 0. The monoisotopic (exact) mass is 305 g/mol. The van der Waals surface area contributed by atoms with Crippen LogP contribution in [0.15, 0.2) is 53.7 Å². The highest BCUT2D eigenvalue weighted by Gasteiger charge is 2.24. The number of rotatable bonds is 6. The summed E-state index contributed by atoms with van der Waals surface area (Å²) < 4.78 is 27.0. The molecule has 6 heteroatoms. The van der Waals surface area contributed by atoms with Crippen LogP contribution in [0.4, 0.5) is 5.69 Å². The molecular weight excluding hydrogens is 286 g/mol. The van der Waals surface area contributed by atoms with Crippen LogP contribution in [0.1, 0.15) is 12.0 Å². The predicted octanol–water partition coefficient (Wildman–Crippen LogP) is 1.93. The first kappa shape index (κ1) is 15.5. The number of anilines is 1. The van der Waals surface area contributed by atoms with Gasteiger partial charge in [0.05, 0.1) is 5.69 Å². The topological polar surface area (TPSA) is 76.3 Å². The highest BCUT2D eigenvalue weighted by molar-refractivity contribution is 7.92. The van der Waals surface area contributed by atoms with Crippen molar-refractivity contribution in [3.63, 3.8) is 0 Å². The molecule has 0 fully saturated rings. The Labute approximate surface area is 125 Å². The second-order valence-corrected chi connectivity index (χ2v) is 6.61. The molecule has 0 spiro atoms. The maximum atomic E-state index is 12.8. The first-order chi connectivity index (χ1) is 10.1. The normalized spacial score (nSPS) is 11.3. The molecular formula is C15H19N3O2S. The van der Waals surface area contributed by atoms with Crippen molar-refractivity contribution in [1.82, 2.24) is 4.98 Å². The number of nitrogens with two attached hydrogens (primary N) is 1. The molecule has 0 atom stereocenters. The number of aryl methyl sites for hydroxylation is 1. The van der Waals surface area contributed by atoms with Crippen LogP contribution in [0.3, 0.4) is 0 Å². The zero-order valence-electron chi connectivity index (χ0n) is 11.9. The molecule has 1 aromatic heterocycles. The van der Waals surface area contributed by atoms with Gasteiger partial charge in [-0.25, -0.2) is 8.42 Å². The molecule has 5 nitrogen and oxygen atoms in total. The third-order valence-electron chi connectivity index (χ3n) is 3.08. The lowest BCUT2D eigenvalue weighted by Gasteiger charge is -2.24. The number of pyridine rings is 1. The highest BCUT2D eigenvalue weighted by Crippen LogP contribution is 2.24. The minimum atomic E-state index is -3.63. The highest BCUT2D eigenvalue weighted by atomic mass is 32.2. The van der Waals surface area contributed by atoms with E-state index in [9.17, 15) is 8.42 Å². The molecule has 0 saturated heterocycles. The van der Waals surface area contributed by atoms with Crippen molar-refractivity contribution < 1.29 is 8.42 Å². The van der Waals surface area contributed by atoms with Crippen molar-refractivity contribution in [3.05, 3.63) is 54.4 Å². The van der Waals surface area contributed by atoms with Gasteiger partial charge in [-0.05, 0) is 49.7 Å². The van der Waals surface area contributed by atoms with Gasteiger partial charge in [0.2, 0.25) is 0 Å². The molecule has 0 aliphatic rings. The summed E-state index contributed by atoms with van der Waals surface area (Å²) in [6, 6.07) is 10.6. The Morgan fingerprint density at radius 2 is 2.05 bits per heavy atom. The second kappa shape index (κ2) is 6.69. The molecule has 1 heterocycles. The molecule has 0 amide bonds. The summed E-state index contributed by atoms with van der Waals surface area (Å²) in [4.78, 5) is 4.08. The fraction of sp³-hybridized carbons (Fsp3) is 0.267. The van der Waals surface area contributed by atoms with E-state index in [0.717, 1.165) is 5.56 Å². The third-order valence-corrected chi connectivity index (χ3v) is 4.89. The largest absolute Gasteiger partial charge is 0.330 e. The maximum absolute atomic E-state index is 12.8. The number of benzene rings is 1. The van der Waals surface area contributed by atoms with Crippen LogP contribution < -0.4 is 10.0 Å². The lowest BCUT2D eigenvalue weighted by atomic mass is 10.2. The Balaban J connectivity index is 2.45. The van der Waals surface area contributed by atoms with Crippen LogP contribution in [0.5, 0.6) is 0 Å². The molecule has 21 heavy (non-hydrogen) atoms. The number of nitrogens with zero attached hydrogens (tertiary/aromatic N) is 2. The van der Waals surface area contributed by atoms with Crippen molar-refractivity contribution >= 4 is 15.7 Å². The lowest BCUT2D eigenvalue weighted by Crippen LogP contribution is -2.33. The van der Waals surface area contributed by atoms with Crippen LogP contribution in [-0.2, 0) is 10.0 Å². The molecule has 0 aliphatic carbocycles. The first-order valence-corrected chi connectivity index (χ1v) is 8.19. The average molecular weight is 305 g/mol. The summed E-state index contributed by atoms with van der Waals surface area (Å²) in [5.74, 6) is 0. The zero-order chi connectivity index (χ0) is 15.3. The van der Waals surface area contributed by atoms with Crippen LogP contribution in [0.25, 0.3) is 0 Å². The van der Waals surface area contributed by atoms with Crippen LogP contribution in [0, 0.1) is 6.92 Å². The smallest absolute Gasteiger partial charge is 0.265 e. The van der Waals surface area contributed by atoms with Gasteiger partial charge in [-0.15, -0.1) is 0 Å². The maximum Gasteiger partial charge on any atom is 0.265 e. The minimum absolute atomic E-state index is 0.184. The minimum Gasteiger partial charge on any atom is -0.330 e. The van der Waals surface area contributed by atoms with Gasteiger partial charge in [0.25, 0.3) is 10.0 Å². The Morgan fingerprint density at radius 3 is 2.67 bits per heavy atom. The Morgan fingerprint density at radius 1 is 1.24 bits per heavy atom. The zero-order valence-corrected chi connectivity index (χ0v) is 12.8. The first-order valence-electron chi connectivity index (χ1n) is 6.75. The Kier molecular flexibility index (Phi) is 4.93. The number of hydrogen-bond acceptors (Lipinski definition) is 4. The molecule has 0 saturated carbocycles. The van der Waals surface area contributed by atoms with E-state index in [-0.39, 0.29) is 4.90 Å². The fourth-order valence-electron chi connectivity index (χ4n) is 2.03. The summed E-state index contributed by atoms with van der Waals surface area (Å²) in [6.45, 7) is 2.71. The standard InChI is InChI=1S/C15H19N3O2S/c1-13-5-2-6-14(11-13)18(10-4-8-16)21(19,20)15-7-3-9-17-12-15/h2-3,5-7,9,11-12H,4,8,10,16H2,1H3. The molecule has 0 bridgehead atoms. The van der Waals surface area contributed by atoms with E-state index in [0.29, 0.717) is 25.2 Å². The number of hydrogen-bond donors (Lipinski definition) is 1. The summed E-state index contributed by atoms with van der Waals surface area (Å²) in [6.07, 6.45) is 3.50. The van der Waals surface area contributed by atoms with E-state index >= 15 is 0 Å². The van der Waals surface area contributed by atoms with Crippen molar-refractivity contribution in [2.45, 2.75) is 18.2 Å². The van der Waals surface area contributed by atoms with Gasteiger partial charge in [0, 0.05) is 18.9 Å². The fourth-order valence-corrected chi connectivity index (χ4v) is 3.49. The van der Waals surface area contributed by atoms with Crippen molar-refractivity contribution in [2.75, 3.05) is 17.4 Å². The van der Waals surface area contributed by atoms with E-state index in [1.54, 1.807) is 24.4 Å². The molecule has 0 radical (unpaired) electrons. The number of sulfonamides is 1. The van der Waals surface area contributed by atoms with Crippen molar-refractivity contribution in [2.24, 2.45) is 5.73 Å². The Bertz CT molecular complexity index is 687. The molecule has 2 N–H and O–H groups in total. The van der Waals surface area contributed by atoms with Gasteiger partial charge in [0.1, 0.15) is 4.90 Å². The molecule has 0 unspecified atom stereocenters. The van der Waals surface area contributed by atoms with E-state index in [1.165, 1.54) is 10.5 Å². The van der Waals surface area contributed by atoms with Crippen LogP contribution in [0.2, 0.25) is 0 Å². The van der Waals surface area contributed by atoms with E-state index < -0.39 is 10.0 Å². The third kappa shape index (κ3) is 3.59. The lowest BCUT2D eigenvalue weighted by molar-refractivity contribution is 0.589. The van der Waals surface area contributed by atoms with Crippen molar-refractivity contribution in [1.29, 1.82) is 0 Å². The summed E-state index contributed by atoms with van der Waals surface area (Å²) in [5.41, 5.74) is 7.18. The van der Waals surface area contributed by atoms with Crippen LogP contribution >= 0.6 is 0 Å². The Hall–Kier alpha value is -1.92. The van der Waals surface area contributed by atoms with Gasteiger partial charge in [-0.2, -0.15) is 0 Å². The van der Waals surface area contributed by atoms with Gasteiger partial charge >= 0.3 is 0 Å². The van der Waals surface area contributed by atoms with Gasteiger partial charge in [0.15, 0.2) is 0 Å². The van der Waals surface area contributed by atoms with Gasteiger partial charge in [-0.3, -0.25) is 9.29 Å². The predicted molar refractivity (Wildman–Crippen MR) is 83.6 cm³/mol. The van der Waals surface area contributed by atoms with E-state index in [1.807, 2.05) is 25.1 Å². The quantitative estimate of drug-likeness (QED) is 0.885.